The second-order valence-corrected chi connectivity index (χ2v) is 8.20. The van der Waals surface area contributed by atoms with Crippen molar-refractivity contribution < 1.29 is 22.0 Å². The molecule has 5 nitrogen and oxygen atoms in total. The van der Waals surface area contributed by atoms with Crippen LogP contribution in [0.5, 0.6) is 0 Å². The summed E-state index contributed by atoms with van der Waals surface area (Å²) in [7, 11) is -3.86. The van der Waals surface area contributed by atoms with Crippen molar-refractivity contribution in [2.24, 2.45) is 0 Å². The molecule has 0 atom stereocenters. The molecule has 0 unspecified atom stereocenters. The van der Waals surface area contributed by atoms with Gasteiger partial charge in [-0.05, 0) is 36.6 Å². The monoisotopic (exact) mass is 410 g/mol. The molecule has 2 aromatic carbocycles. The molecular weight excluding hydrogens is 386 g/mol. The fraction of sp³-hybridized carbons (Fsp3) is 0.350. The van der Waals surface area contributed by atoms with Gasteiger partial charge in [0.2, 0.25) is 10.0 Å². The Kier molecular flexibility index (Phi) is 7.65. The van der Waals surface area contributed by atoms with E-state index in [0.717, 1.165) is 10.5 Å². The quantitative estimate of drug-likeness (QED) is 0.687. The normalized spacial score (nSPS) is 11.6. The second-order valence-electron chi connectivity index (χ2n) is 6.43. The van der Waals surface area contributed by atoms with Gasteiger partial charge in [0.05, 0.1) is 11.4 Å². The van der Waals surface area contributed by atoms with Crippen LogP contribution in [0.3, 0.4) is 0 Å². The Hall–Kier alpha value is -2.32. The van der Waals surface area contributed by atoms with Gasteiger partial charge < -0.3 is 4.90 Å². The fourth-order valence-corrected chi connectivity index (χ4v) is 3.78. The lowest BCUT2D eigenvalue weighted by molar-refractivity contribution is 0.0554. The maximum atomic E-state index is 12.8. The lowest BCUT2D eigenvalue weighted by Crippen LogP contribution is -2.36. The Morgan fingerprint density at radius 2 is 1.82 bits per heavy atom. The van der Waals surface area contributed by atoms with E-state index >= 15 is 0 Å². The minimum absolute atomic E-state index is 0.0779. The molecule has 0 fully saturated rings. The number of rotatable bonds is 9. The van der Waals surface area contributed by atoms with Crippen molar-refractivity contribution in [2.75, 3.05) is 13.1 Å². The largest absolute Gasteiger partial charge is 0.333 e. The molecule has 0 saturated carbocycles. The van der Waals surface area contributed by atoms with Gasteiger partial charge in [-0.3, -0.25) is 4.79 Å². The summed E-state index contributed by atoms with van der Waals surface area (Å²) in [6.45, 7) is 3.02. The summed E-state index contributed by atoms with van der Waals surface area (Å²) in [5, 5.41) is 0. The molecule has 0 heterocycles. The van der Waals surface area contributed by atoms with Gasteiger partial charge in [-0.1, -0.05) is 43.3 Å². The molecule has 1 N–H and O–H groups in total. The maximum Gasteiger partial charge on any atom is 0.255 e. The molecule has 0 radical (unpaired) electrons. The van der Waals surface area contributed by atoms with Crippen LogP contribution in [0, 0.1) is 6.92 Å². The van der Waals surface area contributed by atoms with Gasteiger partial charge in [0.1, 0.15) is 0 Å². The number of alkyl halides is 2. The Morgan fingerprint density at radius 1 is 1.14 bits per heavy atom. The number of hydrogen-bond acceptors (Lipinski definition) is 3. The molecule has 0 aromatic heterocycles. The highest BCUT2D eigenvalue weighted by molar-refractivity contribution is 7.89. The van der Waals surface area contributed by atoms with Crippen molar-refractivity contribution in [1.29, 1.82) is 0 Å². The molecule has 0 aliphatic carbocycles. The van der Waals surface area contributed by atoms with E-state index in [2.05, 4.69) is 4.72 Å². The third-order valence-corrected chi connectivity index (χ3v) is 5.60. The summed E-state index contributed by atoms with van der Waals surface area (Å²) >= 11 is 0. The van der Waals surface area contributed by atoms with Gasteiger partial charge in [0, 0.05) is 18.7 Å². The highest BCUT2D eigenvalue weighted by Crippen LogP contribution is 2.19. The van der Waals surface area contributed by atoms with Crippen molar-refractivity contribution in [3.8, 4) is 0 Å². The third kappa shape index (κ3) is 5.84. The molecule has 2 aromatic rings. The standard InChI is InChI=1S/C20H24F2N2O3S/c1-3-11-24(14-19(21)22)20(25)18-12-17(10-9-15(18)2)28(26,27)23-13-16-7-5-4-6-8-16/h4-10,12,19,23H,3,11,13-14H2,1-2H3. The summed E-state index contributed by atoms with van der Waals surface area (Å²) in [4.78, 5) is 13.7. The lowest BCUT2D eigenvalue weighted by atomic mass is 10.1. The Bertz CT molecular complexity index is 903. The van der Waals surface area contributed by atoms with Gasteiger partial charge in [-0.2, -0.15) is 0 Å². The van der Waals surface area contributed by atoms with E-state index in [9.17, 15) is 22.0 Å². The summed E-state index contributed by atoms with van der Waals surface area (Å²) in [6.07, 6.45) is -2.14. The van der Waals surface area contributed by atoms with Crippen molar-refractivity contribution in [3.05, 3.63) is 65.2 Å². The van der Waals surface area contributed by atoms with Crippen molar-refractivity contribution in [2.45, 2.75) is 38.1 Å². The van der Waals surface area contributed by atoms with E-state index in [1.807, 2.05) is 6.07 Å². The first kappa shape index (κ1) is 22.0. The van der Waals surface area contributed by atoms with Crippen LogP contribution in [-0.4, -0.2) is 38.7 Å². The van der Waals surface area contributed by atoms with Gasteiger partial charge in [-0.15, -0.1) is 0 Å². The Balaban J connectivity index is 2.26. The number of nitrogens with zero attached hydrogens (tertiary/aromatic N) is 1. The number of aryl methyl sites for hydroxylation is 1. The predicted octanol–water partition coefficient (Wildman–Crippen LogP) is 3.59. The van der Waals surface area contributed by atoms with Crippen molar-refractivity contribution in [1.82, 2.24) is 9.62 Å². The first-order valence-corrected chi connectivity index (χ1v) is 10.4. The fourth-order valence-electron chi connectivity index (χ4n) is 2.74. The number of carbonyl (C=O) groups excluding carboxylic acids is 1. The number of sulfonamides is 1. The third-order valence-electron chi connectivity index (χ3n) is 4.20. The van der Waals surface area contributed by atoms with E-state index in [1.165, 1.54) is 18.2 Å². The summed E-state index contributed by atoms with van der Waals surface area (Å²) in [6, 6.07) is 13.2. The maximum absolute atomic E-state index is 12.8. The lowest BCUT2D eigenvalue weighted by Gasteiger charge is -2.23. The van der Waals surface area contributed by atoms with E-state index in [-0.39, 0.29) is 23.5 Å². The SMILES string of the molecule is CCCN(CC(F)F)C(=O)c1cc(S(=O)(=O)NCc2ccccc2)ccc1C. The molecule has 8 heteroatoms. The summed E-state index contributed by atoms with van der Waals surface area (Å²) in [5.41, 5.74) is 1.43. The summed E-state index contributed by atoms with van der Waals surface area (Å²) < 4.78 is 53.3. The highest BCUT2D eigenvalue weighted by Gasteiger charge is 2.23. The van der Waals surface area contributed by atoms with Crippen LogP contribution < -0.4 is 4.72 Å². The zero-order chi connectivity index (χ0) is 20.7. The number of halogens is 2. The zero-order valence-electron chi connectivity index (χ0n) is 15.9. The minimum Gasteiger partial charge on any atom is -0.333 e. The van der Waals surface area contributed by atoms with E-state index < -0.39 is 28.9 Å². The average Bonchev–Trinajstić information content (AvgIpc) is 2.66. The van der Waals surface area contributed by atoms with Crippen molar-refractivity contribution in [3.63, 3.8) is 0 Å². The molecule has 2 rings (SSSR count). The zero-order valence-corrected chi connectivity index (χ0v) is 16.7. The van der Waals surface area contributed by atoms with Crippen molar-refractivity contribution >= 4 is 15.9 Å². The molecule has 1 amide bonds. The number of amides is 1. The van der Waals surface area contributed by atoms with Gasteiger partial charge >= 0.3 is 0 Å². The molecule has 28 heavy (non-hydrogen) atoms. The second kappa shape index (κ2) is 9.75. The van der Waals surface area contributed by atoms with Crippen LogP contribution in [0.2, 0.25) is 0 Å². The van der Waals surface area contributed by atoms with E-state index in [0.29, 0.717) is 12.0 Å². The smallest absolute Gasteiger partial charge is 0.255 e. The first-order chi connectivity index (χ1) is 13.2. The number of nitrogens with one attached hydrogen (secondary N) is 1. The first-order valence-electron chi connectivity index (χ1n) is 8.96. The average molecular weight is 410 g/mol. The van der Waals surface area contributed by atoms with Crippen LogP contribution in [0.25, 0.3) is 0 Å². The topological polar surface area (TPSA) is 66.5 Å². The molecule has 0 aliphatic rings. The Morgan fingerprint density at radius 3 is 2.43 bits per heavy atom. The van der Waals surface area contributed by atoms with Crippen LogP contribution >= 0.6 is 0 Å². The minimum atomic E-state index is -3.86. The molecule has 0 spiro atoms. The van der Waals surface area contributed by atoms with Gasteiger partial charge in [0.15, 0.2) is 0 Å². The Labute approximate surface area is 164 Å². The number of benzene rings is 2. The van der Waals surface area contributed by atoms with Crippen LogP contribution in [-0.2, 0) is 16.6 Å². The van der Waals surface area contributed by atoms with E-state index in [4.69, 9.17) is 0 Å². The van der Waals surface area contributed by atoms with Gasteiger partial charge in [0.25, 0.3) is 12.3 Å². The number of hydrogen-bond donors (Lipinski definition) is 1. The summed E-state index contributed by atoms with van der Waals surface area (Å²) in [5.74, 6) is -0.597. The number of carbonyl (C=O) groups is 1. The van der Waals surface area contributed by atoms with Gasteiger partial charge in [-0.25, -0.2) is 21.9 Å². The molecule has 0 aliphatic heterocycles. The molecule has 0 bridgehead atoms. The van der Waals surface area contributed by atoms with E-state index in [1.54, 1.807) is 38.1 Å². The molecule has 152 valence electrons. The predicted molar refractivity (Wildman–Crippen MR) is 104 cm³/mol. The van der Waals surface area contributed by atoms with Crippen LogP contribution in [0.15, 0.2) is 53.4 Å². The molecular formula is C20H24F2N2O3S. The van der Waals surface area contributed by atoms with Crippen LogP contribution in [0.1, 0.15) is 34.8 Å². The highest BCUT2D eigenvalue weighted by atomic mass is 32.2. The van der Waals surface area contributed by atoms with Crippen LogP contribution in [0.4, 0.5) is 8.78 Å². The molecule has 0 saturated heterocycles.